The smallest absolute Gasteiger partial charge is 0.123 e. The molecule has 1 rings (SSSR count). The Hall–Kier alpha value is -1.09. The van der Waals surface area contributed by atoms with Crippen molar-refractivity contribution in [2.75, 3.05) is 19.5 Å². The van der Waals surface area contributed by atoms with Crippen LogP contribution in [0.5, 0.6) is 11.5 Å². The lowest BCUT2D eigenvalue weighted by molar-refractivity contribution is 0.339. The Balaban J connectivity index is 2.99. The van der Waals surface area contributed by atoms with E-state index in [0.29, 0.717) is 12.4 Å². The van der Waals surface area contributed by atoms with Crippen molar-refractivity contribution in [1.82, 2.24) is 0 Å². The minimum absolute atomic E-state index is 0.00612. The van der Waals surface area contributed by atoms with E-state index >= 15 is 0 Å². The molecule has 0 atom stereocenters. The van der Waals surface area contributed by atoms with Gasteiger partial charge in [-0.2, -0.15) is 12.6 Å². The monoisotopic (exact) mass is 266 g/mol. The molecule has 0 bridgehead atoms. The molecule has 0 fully saturated rings. The quantitative estimate of drug-likeness (QED) is 0.644. The van der Waals surface area contributed by atoms with Crippen LogP contribution in [0.15, 0.2) is 30.4 Å². The largest absolute Gasteiger partial charge is 0.497 e. The average molecular weight is 266 g/mol. The van der Waals surface area contributed by atoms with Crippen LogP contribution >= 0.6 is 12.6 Å². The predicted octanol–water partition coefficient (Wildman–Crippen LogP) is 3.86. The van der Waals surface area contributed by atoms with E-state index in [2.05, 4.69) is 40.0 Å². The molecule has 0 spiro atoms. The molecule has 0 saturated heterocycles. The van der Waals surface area contributed by atoms with Gasteiger partial charge >= 0.3 is 0 Å². The summed E-state index contributed by atoms with van der Waals surface area (Å²) in [5.41, 5.74) is 2.11. The third kappa shape index (κ3) is 3.98. The number of methoxy groups -OCH3 is 1. The molecule has 0 saturated carbocycles. The Morgan fingerprint density at radius 3 is 2.50 bits per heavy atom. The first-order chi connectivity index (χ1) is 8.38. The second-order valence-corrected chi connectivity index (χ2v) is 5.63. The maximum absolute atomic E-state index is 5.81. The number of ether oxygens (including phenoxy) is 2. The summed E-state index contributed by atoms with van der Waals surface area (Å²) in [5, 5.41) is 0. The summed E-state index contributed by atoms with van der Waals surface area (Å²) in [5.74, 6) is 2.37. The Labute approximate surface area is 115 Å². The molecule has 3 heteroatoms. The number of rotatable bonds is 5. The van der Waals surface area contributed by atoms with Crippen LogP contribution in [0.25, 0.3) is 0 Å². The van der Waals surface area contributed by atoms with Crippen molar-refractivity contribution in [2.24, 2.45) is 0 Å². The van der Waals surface area contributed by atoms with Crippen LogP contribution in [0, 0.1) is 0 Å². The van der Waals surface area contributed by atoms with E-state index in [0.717, 1.165) is 22.6 Å². The fourth-order valence-corrected chi connectivity index (χ4v) is 1.66. The molecular weight excluding hydrogens is 244 g/mol. The molecule has 0 radical (unpaired) electrons. The van der Waals surface area contributed by atoms with Crippen LogP contribution in [0.2, 0.25) is 0 Å². The van der Waals surface area contributed by atoms with E-state index in [4.69, 9.17) is 9.47 Å². The molecular formula is C15H22O2S. The van der Waals surface area contributed by atoms with Crippen LogP contribution in [-0.4, -0.2) is 19.5 Å². The highest BCUT2D eigenvalue weighted by molar-refractivity contribution is 7.80. The van der Waals surface area contributed by atoms with Gasteiger partial charge in [-0.1, -0.05) is 27.4 Å². The zero-order valence-electron chi connectivity index (χ0n) is 11.6. The molecule has 2 nitrogen and oxygen atoms in total. The van der Waals surface area contributed by atoms with Crippen molar-refractivity contribution in [3.63, 3.8) is 0 Å². The van der Waals surface area contributed by atoms with Crippen LogP contribution in [0.1, 0.15) is 26.3 Å². The zero-order valence-corrected chi connectivity index (χ0v) is 12.5. The second-order valence-electron chi connectivity index (χ2n) is 5.31. The Morgan fingerprint density at radius 1 is 1.33 bits per heavy atom. The Morgan fingerprint density at radius 2 is 2.00 bits per heavy atom. The topological polar surface area (TPSA) is 18.5 Å². The van der Waals surface area contributed by atoms with Gasteiger partial charge in [0, 0.05) is 11.3 Å². The number of thiol groups is 1. The lowest BCUT2D eigenvalue weighted by Gasteiger charge is -2.23. The summed E-state index contributed by atoms with van der Waals surface area (Å²) in [6, 6.07) is 5.89. The number of benzene rings is 1. The lowest BCUT2D eigenvalue weighted by Crippen LogP contribution is -2.14. The highest BCUT2D eigenvalue weighted by Crippen LogP contribution is 2.34. The lowest BCUT2D eigenvalue weighted by atomic mass is 9.86. The van der Waals surface area contributed by atoms with Crippen LogP contribution in [0.4, 0.5) is 0 Å². The molecule has 0 aliphatic rings. The van der Waals surface area contributed by atoms with Gasteiger partial charge in [-0.05, 0) is 29.2 Å². The molecule has 1 aromatic carbocycles. The number of hydrogen-bond donors (Lipinski definition) is 1. The van der Waals surface area contributed by atoms with E-state index in [9.17, 15) is 0 Å². The summed E-state index contributed by atoms with van der Waals surface area (Å²) in [7, 11) is 1.67. The fourth-order valence-electron chi connectivity index (χ4n) is 1.57. The number of hydrogen-bond acceptors (Lipinski definition) is 3. The average Bonchev–Trinajstić information content (AvgIpc) is 2.34. The summed E-state index contributed by atoms with van der Waals surface area (Å²) in [6.45, 7) is 10.9. The third-order valence-electron chi connectivity index (χ3n) is 2.65. The summed E-state index contributed by atoms with van der Waals surface area (Å²) in [6.07, 6.45) is 0. The SMILES string of the molecule is C=C(CS)COc1ccc(OC)cc1C(C)(C)C. The van der Waals surface area contributed by atoms with Gasteiger partial charge < -0.3 is 9.47 Å². The van der Waals surface area contributed by atoms with Crippen LogP contribution < -0.4 is 9.47 Å². The van der Waals surface area contributed by atoms with E-state index in [1.165, 1.54) is 0 Å². The van der Waals surface area contributed by atoms with Crippen LogP contribution in [-0.2, 0) is 5.41 Å². The van der Waals surface area contributed by atoms with Gasteiger partial charge in [0.1, 0.15) is 18.1 Å². The van der Waals surface area contributed by atoms with Gasteiger partial charge in [-0.25, -0.2) is 0 Å². The summed E-state index contributed by atoms with van der Waals surface area (Å²) >= 11 is 4.18. The van der Waals surface area contributed by atoms with Crippen molar-refractivity contribution in [1.29, 1.82) is 0 Å². The molecule has 100 valence electrons. The van der Waals surface area contributed by atoms with Gasteiger partial charge in [0.15, 0.2) is 0 Å². The maximum Gasteiger partial charge on any atom is 0.123 e. The molecule has 0 heterocycles. The van der Waals surface area contributed by atoms with Crippen molar-refractivity contribution in [2.45, 2.75) is 26.2 Å². The van der Waals surface area contributed by atoms with Gasteiger partial charge in [-0.15, -0.1) is 0 Å². The first-order valence-electron chi connectivity index (χ1n) is 5.97. The van der Waals surface area contributed by atoms with E-state index in [1.54, 1.807) is 7.11 Å². The minimum Gasteiger partial charge on any atom is -0.497 e. The molecule has 0 aliphatic carbocycles. The minimum atomic E-state index is 0.00612. The van der Waals surface area contributed by atoms with Gasteiger partial charge in [0.2, 0.25) is 0 Å². The van der Waals surface area contributed by atoms with Crippen molar-refractivity contribution in [3.05, 3.63) is 35.9 Å². The molecule has 0 N–H and O–H groups in total. The zero-order chi connectivity index (χ0) is 13.8. The van der Waals surface area contributed by atoms with E-state index < -0.39 is 0 Å². The Bertz CT molecular complexity index is 419. The van der Waals surface area contributed by atoms with Gasteiger partial charge in [0.25, 0.3) is 0 Å². The standard InChI is InChI=1S/C15H22O2S/c1-11(10-18)9-17-14-7-6-12(16-5)8-13(14)15(2,3)4/h6-8,18H,1,9-10H2,2-5H3. The summed E-state index contributed by atoms with van der Waals surface area (Å²) in [4.78, 5) is 0. The second kappa shape index (κ2) is 6.19. The fraction of sp³-hybridized carbons (Fsp3) is 0.467. The van der Waals surface area contributed by atoms with Crippen LogP contribution in [0.3, 0.4) is 0 Å². The normalized spacial score (nSPS) is 11.2. The molecule has 18 heavy (non-hydrogen) atoms. The van der Waals surface area contributed by atoms with E-state index in [1.807, 2.05) is 18.2 Å². The first kappa shape index (κ1) is 15.0. The molecule has 0 aromatic heterocycles. The van der Waals surface area contributed by atoms with Crippen molar-refractivity contribution >= 4 is 12.6 Å². The first-order valence-corrected chi connectivity index (χ1v) is 6.60. The molecule has 1 aromatic rings. The van der Waals surface area contributed by atoms with Gasteiger partial charge in [-0.3, -0.25) is 0 Å². The highest BCUT2D eigenvalue weighted by Gasteiger charge is 2.20. The highest BCUT2D eigenvalue weighted by atomic mass is 32.1. The molecule has 0 aliphatic heterocycles. The predicted molar refractivity (Wildman–Crippen MR) is 80.2 cm³/mol. The molecule has 0 unspecified atom stereocenters. The van der Waals surface area contributed by atoms with Crippen molar-refractivity contribution < 1.29 is 9.47 Å². The van der Waals surface area contributed by atoms with E-state index in [-0.39, 0.29) is 5.41 Å². The molecule has 0 amide bonds. The maximum atomic E-state index is 5.81. The van der Waals surface area contributed by atoms with Gasteiger partial charge in [0.05, 0.1) is 7.11 Å². The summed E-state index contributed by atoms with van der Waals surface area (Å²) < 4.78 is 11.1. The Kier molecular flexibility index (Phi) is 5.15. The third-order valence-corrected chi connectivity index (χ3v) is 3.10. The van der Waals surface area contributed by atoms with Crippen molar-refractivity contribution in [3.8, 4) is 11.5 Å².